The molecular formula is C15H20N2O3. The Bertz CT molecular complexity index is 490. The van der Waals surface area contributed by atoms with Crippen LogP contribution >= 0.6 is 0 Å². The number of benzene rings is 1. The molecule has 0 bridgehead atoms. The summed E-state index contributed by atoms with van der Waals surface area (Å²) in [5.74, 6) is 0. The van der Waals surface area contributed by atoms with Crippen LogP contribution in [0.5, 0.6) is 0 Å². The number of nitro groups is 1. The molecule has 0 amide bonds. The standard InChI is InChI=1S/C15H20N2O3/c18-17(19)13-6-2-1-5-12(13)11-16-9-10-20-15-8-4-3-7-14(15)16/h1-2,5-6,14-15H,3-4,7-11H2/t14-,15+/m0/s1. The molecule has 108 valence electrons. The molecule has 2 aliphatic rings. The van der Waals surface area contributed by atoms with Gasteiger partial charge in [-0.15, -0.1) is 0 Å². The van der Waals surface area contributed by atoms with Crippen LogP contribution in [0.15, 0.2) is 24.3 Å². The molecule has 1 aromatic rings. The predicted octanol–water partition coefficient (Wildman–Crippen LogP) is 2.74. The van der Waals surface area contributed by atoms with Gasteiger partial charge in [0.05, 0.1) is 17.6 Å². The van der Waals surface area contributed by atoms with Crippen LogP contribution in [0.1, 0.15) is 31.2 Å². The van der Waals surface area contributed by atoms with Gasteiger partial charge in [-0.1, -0.05) is 31.0 Å². The molecule has 1 aliphatic heterocycles. The molecule has 1 aliphatic carbocycles. The number of para-hydroxylation sites is 1. The summed E-state index contributed by atoms with van der Waals surface area (Å²) in [5, 5.41) is 11.1. The lowest BCUT2D eigenvalue weighted by Crippen LogP contribution is -2.52. The Hall–Kier alpha value is -1.46. The zero-order valence-electron chi connectivity index (χ0n) is 11.5. The molecule has 0 N–H and O–H groups in total. The van der Waals surface area contributed by atoms with Gasteiger partial charge in [0.1, 0.15) is 0 Å². The second-order valence-electron chi connectivity index (χ2n) is 5.62. The van der Waals surface area contributed by atoms with E-state index in [1.165, 1.54) is 12.8 Å². The van der Waals surface area contributed by atoms with E-state index >= 15 is 0 Å². The Labute approximate surface area is 118 Å². The fourth-order valence-electron chi connectivity index (χ4n) is 3.41. The molecule has 1 saturated heterocycles. The molecular weight excluding hydrogens is 256 g/mol. The molecule has 5 heteroatoms. The van der Waals surface area contributed by atoms with Crippen LogP contribution in [0.4, 0.5) is 5.69 Å². The zero-order valence-corrected chi connectivity index (χ0v) is 11.5. The first-order valence-corrected chi connectivity index (χ1v) is 7.33. The highest BCUT2D eigenvalue weighted by Gasteiger charge is 2.34. The maximum Gasteiger partial charge on any atom is 0.273 e. The van der Waals surface area contributed by atoms with Crippen molar-refractivity contribution >= 4 is 5.69 Å². The van der Waals surface area contributed by atoms with Crippen molar-refractivity contribution in [3.63, 3.8) is 0 Å². The van der Waals surface area contributed by atoms with Gasteiger partial charge in [-0.25, -0.2) is 0 Å². The van der Waals surface area contributed by atoms with Crippen LogP contribution in [0.25, 0.3) is 0 Å². The molecule has 20 heavy (non-hydrogen) atoms. The molecule has 1 aromatic carbocycles. The SMILES string of the molecule is O=[N+]([O-])c1ccccc1CN1CCO[C@@H]2CCCC[C@@H]21. The fraction of sp³-hybridized carbons (Fsp3) is 0.600. The third-order valence-corrected chi connectivity index (χ3v) is 4.41. The van der Waals surface area contributed by atoms with E-state index in [9.17, 15) is 10.1 Å². The summed E-state index contributed by atoms with van der Waals surface area (Å²) >= 11 is 0. The molecule has 1 saturated carbocycles. The fourth-order valence-corrected chi connectivity index (χ4v) is 3.41. The summed E-state index contributed by atoms with van der Waals surface area (Å²) in [6.45, 7) is 2.26. The minimum Gasteiger partial charge on any atom is -0.375 e. The number of fused-ring (bicyclic) bond motifs is 1. The Morgan fingerprint density at radius 1 is 1.30 bits per heavy atom. The summed E-state index contributed by atoms with van der Waals surface area (Å²) < 4.78 is 5.85. The summed E-state index contributed by atoms with van der Waals surface area (Å²) in [4.78, 5) is 13.2. The highest BCUT2D eigenvalue weighted by atomic mass is 16.6. The van der Waals surface area contributed by atoms with Crippen molar-refractivity contribution in [2.75, 3.05) is 13.2 Å². The molecule has 0 radical (unpaired) electrons. The van der Waals surface area contributed by atoms with E-state index in [2.05, 4.69) is 4.90 Å². The largest absolute Gasteiger partial charge is 0.375 e. The average Bonchev–Trinajstić information content (AvgIpc) is 2.48. The molecule has 0 unspecified atom stereocenters. The first kappa shape index (κ1) is 13.5. The third kappa shape index (κ3) is 2.69. The maximum absolute atomic E-state index is 11.1. The van der Waals surface area contributed by atoms with Crippen LogP contribution in [0.2, 0.25) is 0 Å². The minimum atomic E-state index is -0.284. The Kier molecular flexibility index (Phi) is 3.98. The van der Waals surface area contributed by atoms with Crippen LogP contribution in [-0.2, 0) is 11.3 Å². The summed E-state index contributed by atoms with van der Waals surface area (Å²) in [6.07, 6.45) is 5.06. The number of ether oxygens (including phenoxy) is 1. The lowest BCUT2D eigenvalue weighted by atomic mass is 9.90. The van der Waals surface area contributed by atoms with Crippen LogP contribution < -0.4 is 0 Å². The number of rotatable bonds is 3. The normalized spacial score (nSPS) is 27.0. The quantitative estimate of drug-likeness (QED) is 0.629. The average molecular weight is 276 g/mol. The number of morpholine rings is 1. The van der Waals surface area contributed by atoms with Crippen LogP contribution in [0.3, 0.4) is 0 Å². The van der Waals surface area contributed by atoms with Crippen molar-refractivity contribution in [2.24, 2.45) is 0 Å². The van der Waals surface area contributed by atoms with Gasteiger partial charge in [-0.3, -0.25) is 15.0 Å². The Balaban J connectivity index is 1.78. The molecule has 1 heterocycles. The molecule has 2 fully saturated rings. The van der Waals surface area contributed by atoms with E-state index in [4.69, 9.17) is 4.74 Å². The van der Waals surface area contributed by atoms with Crippen LogP contribution in [-0.4, -0.2) is 35.1 Å². The summed E-state index contributed by atoms with van der Waals surface area (Å²) in [7, 11) is 0. The lowest BCUT2D eigenvalue weighted by Gasteiger charge is -2.43. The van der Waals surface area contributed by atoms with E-state index < -0.39 is 0 Å². The van der Waals surface area contributed by atoms with Gasteiger partial charge in [0.25, 0.3) is 5.69 Å². The highest BCUT2D eigenvalue weighted by molar-refractivity contribution is 5.39. The first-order chi connectivity index (χ1) is 9.75. The second kappa shape index (κ2) is 5.89. The van der Waals surface area contributed by atoms with Crippen molar-refractivity contribution in [2.45, 2.75) is 44.4 Å². The molecule has 5 nitrogen and oxygen atoms in total. The Morgan fingerprint density at radius 2 is 2.10 bits per heavy atom. The van der Waals surface area contributed by atoms with E-state index in [1.54, 1.807) is 12.1 Å². The summed E-state index contributed by atoms with van der Waals surface area (Å²) in [5.41, 5.74) is 1.04. The first-order valence-electron chi connectivity index (χ1n) is 7.33. The van der Waals surface area contributed by atoms with Gasteiger partial charge in [-0.05, 0) is 12.8 Å². The smallest absolute Gasteiger partial charge is 0.273 e. The number of hydrogen-bond acceptors (Lipinski definition) is 4. The van der Waals surface area contributed by atoms with Gasteiger partial charge in [0.2, 0.25) is 0 Å². The van der Waals surface area contributed by atoms with E-state index in [0.29, 0.717) is 18.7 Å². The van der Waals surface area contributed by atoms with E-state index in [-0.39, 0.29) is 10.6 Å². The van der Waals surface area contributed by atoms with Gasteiger partial charge in [-0.2, -0.15) is 0 Å². The Morgan fingerprint density at radius 3 is 2.95 bits per heavy atom. The molecule has 0 aromatic heterocycles. The number of hydrogen-bond donors (Lipinski definition) is 0. The van der Waals surface area contributed by atoms with Gasteiger partial charge in [0.15, 0.2) is 0 Å². The monoisotopic (exact) mass is 276 g/mol. The van der Waals surface area contributed by atoms with E-state index in [1.807, 2.05) is 12.1 Å². The van der Waals surface area contributed by atoms with Crippen molar-refractivity contribution in [3.8, 4) is 0 Å². The topological polar surface area (TPSA) is 55.6 Å². The van der Waals surface area contributed by atoms with Crippen molar-refractivity contribution in [1.82, 2.24) is 4.90 Å². The van der Waals surface area contributed by atoms with Gasteiger partial charge >= 0.3 is 0 Å². The molecule has 3 rings (SSSR count). The van der Waals surface area contributed by atoms with E-state index in [0.717, 1.165) is 31.6 Å². The minimum absolute atomic E-state index is 0.228. The third-order valence-electron chi connectivity index (χ3n) is 4.41. The lowest BCUT2D eigenvalue weighted by molar-refractivity contribution is -0.385. The summed E-state index contributed by atoms with van der Waals surface area (Å²) in [6, 6.07) is 7.49. The van der Waals surface area contributed by atoms with Gasteiger partial charge < -0.3 is 4.74 Å². The van der Waals surface area contributed by atoms with Crippen molar-refractivity contribution in [3.05, 3.63) is 39.9 Å². The zero-order chi connectivity index (χ0) is 13.9. The number of nitro benzene ring substituents is 1. The molecule has 0 spiro atoms. The van der Waals surface area contributed by atoms with Crippen LogP contribution in [0, 0.1) is 10.1 Å². The highest BCUT2D eigenvalue weighted by Crippen LogP contribution is 2.30. The number of nitrogens with zero attached hydrogens (tertiary/aromatic N) is 2. The van der Waals surface area contributed by atoms with Gasteiger partial charge in [0, 0.05) is 30.8 Å². The molecule has 2 atom stereocenters. The van der Waals surface area contributed by atoms with Crippen molar-refractivity contribution in [1.29, 1.82) is 0 Å². The second-order valence-corrected chi connectivity index (χ2v) is 5.62. The van der Waals surface area contributed by atoms with Crippen molar-refractivity contribution < 1.29 is 9.66 Å². The predicted molar refractivity (Wildman–Crippen MR) is 75.5 cm³/mol. The maximum atomic E-state index is 11.1.